The highest BCUT2D eigenvalue weighted by Gasteiger charge is 2.09. The summed E-state index contributed by atoms with van der Waals surface area (Å²) in [6, 6.07) is 11.9. The Morgan fingerprint density at radius 2 is 1.96 bits per heavy atom. The second-order valence-corrected chi connectivity index (χ2v) is 5.34. The van der Waals surface area contributed by atoms with Crippen molar-refractivity contribution < 1.29 is 14.3 Å². The Morgan fingerprint density at radius 3 is 2.71 bits per heavy atom. The van der Waals surface area contributed by atoms with Crippen molar-refractivity contribution in [2.45, 2.75) is 13.2 Å². The lowest BCUT2D eigenvalue weighted by Gasteiger charge is -2.10. The zero-order valence-electron chi connectivity index (χ0n) is 13.1. The molecule has 0 saturated carbocycles. The van der Waals surface area contributed by atoms with Gasteiger partial charge in [0.1, 0.15) is 0 Å². The molecule has 7 heteroatoms. The van der Waals surface area contributed by atoms with Gasteiger partial charge in [-0.25, -0.2) is 9.59 Å². The fourth-order valence-corrected chi connectivity index (χ4v) is 2.45. The van der Waals surface area contributed by atoms with Gasteiger partial charge in [-0.3, -0.25) is 4.57 Å². The Hall–Kier alpha value is -3.06. The summed E-state index contributed by atoms with van der Waals surface area (Å²) in [5.74, 6) is -0.452. The molecule has 0 fully saturated rings. The molecule has 7 nitrogen and oxygen atoms in total. The van der Waals surface area contributed by atoms with E-state index in [0.29, 0.717) is 23.3 Å². The molecule has 0 aliphatic rings. The second-order valence-electron chi connectivity index (χ2n) is 5.34. The van der Waals surface area contributed by atoms with Crippen LogP contribution in [-0.4, -0.2) is 15.7 Å². The summed E-state index contributed by atoms with van der Waals surface area (Å²) in [6.07, 6.45) is 0. The van der Waals surface area contributed by atoms with Crippen LogP contribution in [0.4, 0.5) is 10.5 Å². The highest BCUT2D eigenvalue weighted by Crippen LogP contribution is 2.17. The van der Waals surface area contributed by atoms with E-state index in [-0.39, 0.29) is 12.6 Å². The highest BCUT2D eigenvalue weighted by atomic mass is 16.4. The van der Waals surface area contributed by atoms with Crippen LogP contribution in [0.15, 0.2) is 51.7 Å². The molecule has 3 N–H and O–H groups in total. The van der Waals surface area contributed by atoms with E-state index in [2.05, 4.69) is 10.6 Å². The van der Waals surface area contributed by atoms with Gasteiger partial charge in [-0.1, -0.05) is 24.3 Å². The SMILES string of the molecule is Cn1c(=O)oc2cc(NC(=O)NCc3ccccc3CO)ccc21. The summed E-state index contributed by atoms with van der Waals surface area (Å²) in [5.41, 5.74) is 3.20. The van der Waals surface area contributed by atoms with Gasteiger partial charge in [0.15, 0.2) is 5.58 Å². The van der Waals surface area contributed by atoms with E-state index in [0.717, 1.165) is 11.1 Å². The maximum absolute atomic E-state index is 12.0. The van der Waals surface area contributed by atoms with E-state index in [1.54, 1.807) is 31.3 Å². The highest BCUT2D eigenvalue weighted by molar-refractivity contribution is 5.91. The van der Waals surface area contributed by atoms with Crippen molar-refractivity contribution in [3.8, 4) is 0 Å². The van der Waals surface area contributed by atoms with Crippen molar-refractivity contribution in [1.82, 2.24) is 9.88 Å². The number of urea groups is 1. The van der Waals surface area contributed by atoms with Crippen LogP contribution < -0.4 is 16.4 Å². The van der Waals surface area contributed by atoms with E-state index in [4.69, 9.17) is 4.42 Å². The first-order valence-electron chi connectivity index (χ1n) is 7.40. The molecule has 0 spiro atoms. The van der Waals surface area contributed by atoms with Crippen LogP contribution in [0.25, 0.3) is 11.1 Å². The first kappa shape index (κ1) is 15.8. The maximum atomic E-state index is 12.0. The first-order chi connectivity index (χ1) is 11.6. The number of aliphatic hydroxyl groups excluding tert-OH is 1. The Bertz CT molecular complexity index is 942. The third-order valence-electron chi connectivity index (χ3n) is 3.78. The lowest BCUT2D eigenvalue weighted by atomic mass is 10.1. The average molecular weight is 327 g/mol. The number of carbonyl (C=O) groups is 1. The number of hydrogen-bond donors (Lipinski definition) is 3. The molecule has 124 valence electrons. The summed E-state index contributed by atoms with van der Waals surface area (Å²) in [7, 11) is 1.62. The summed E-state index contributed by atoms with van der Waals surface area (Å²) in [6.45, 7) is 0.217. The van der Waals surface area contributed by atoms with E-state index >= 15 is 0 Å². The molecule has 3 rings (SSSR count). The number of aromatic nitrogens is 1. The Balaban J connectivity index is 1.67. The van der Waals surface area contributed by atoms with Crippen molar-refractivity contribution in [2.75, 3.05) is 5.32 Å². The fraction of sp³-hybridized carbons (Fsp3) is 0.176. The lowest BCUT2D eigenvalue weighted by Crippen LogP contribution is -2.28. The quantitative estimate of drug-likeness (QED) is 0.682. The molecule has 1 aromatic heterocycles. The van der Waals surface area contributed by atoms with E-state index in [1.807, 2.05) is 18.2 Å². The number of benzene rings is 2. The molecule has 0 aliphatic carbocycles. The zero-order valence-corrected chi connectivity index (χ0v) is 13.1. The van der Waals surface area contributed by atoms with Gasteiger partial charge in [-0.05, 0) is 23.3 Å². The minimum absolute atomic E-state index is 0.0802. The smallest absolute Gasteiger partial charge is 0.408 e. The number of hydrogen-bond acceptors (Lipinski definition) is 4. The van der Waals surface area contributed by atoms with Crippen molar-refractivity contribution in [2.24, 2.45) is 7.05 Å². The number of rotatable bonds is 4. The number of oxazole rings is 1. The summed E-state index contributed by atoms with van der Waals surface area (Å²) in [5, 5.41) is 14.7. The van der Waals surface area contributed by atoms with Gasteiger partial charge in [0.2, 0.25) is 0 Å². The van der Waals surface area contributed by atoms with Crippen LogP contribution in [-0.2, 0) is 20.2 Å². The number of nitrogens with one attached hydrogen (secondary N) is 2. The van der Waals surface area contributed by atoms with Crippen molar-refractivity contribution in [3.05, 3.63) is 64.1 Å². The molecule has 0 saturated heterocycles. The normalized spacial score (nSPS) is 10.8. The van der Waals surface area contributed by atoms with Gasteiger partial charge in [0.25, 0.3) is 0 Å². The summed E-state index contributed by atoms with van der Waals surface area (Å²) in [4.78, 5) is 23.5. The number of aliphatic hydroxyl groups is 1. The van der Waals surface area contributed by atoms with Crippen LogP contribution in [0, 0.1) is 0 Å². The average Bonchev–Trinajstić information content (AvgIpc) is 2.87. The van der Waals surface area contributed by atoms with E-state index in [9.17, 15) is 14.7 Å². The van der Waals surface area contributed by atoms with Gasteiger partial charge in [-0.2, -0.15) is 0 Å². The molecular formula is C17H17N3O4. The Morgan fingerprint density at radius 1 is 1.21 bits per heavy atom. The molecule has 0 atom stereocenters. The van der Waals surface area contributed by atoms with Crippen molar-refractivity contribution in [1.29, 1.82) is 0 Å². The maximum Gasteiger partial charge on any atom is 0.419 e. The fourth-order valence-electron chi connectivity index (χ4n) is 2.45. The largest absolute Gasteiger partial charge is 0.419 e. The lowest BCUT2D eigenvalue weighted by molar-refractivity contribution is 0.251. The van der Waals surface area contributed by atoms with Gasteiger partial charge in [0, 0.05) is 25.3 Å². The van der Waals surface area contributed by atoms with Crippen LogP contribution in [0.1, 0.15) is 11.1 Å². The third-order valence-corrected chi connectivity index (χ3v) is 3.78. The van der Waals surface area contributed by atoms with Gasteiger partial charge >= 0.3 is 11.8 Å². The van der Waals surface area contributed by atoms with Crippen LogP contribution in [0.2, 0.25) is 0 Å². The van der Waals surface area contributed by atoms with Crippen molar-refractivity contribution >= 4 is 22.8 Å². The predicted molar refractivity (Wildman–Crippen MR) is 89.7 cm³/mol. The standard InChI is InChI=1S/C17H17N3O4/c1-20-14-7-6-13(8-15(14)24-17(20)23)19-16(22)18-9-11-4-2-3-5-12(11)10-21/h2-8,21H,9-10H2,1H3,(H2,18,19,22). The molecule has 3 aromatic rings. The number of nitrogens with zero attached hydrogens (tertiary/aromatic N) is 1. The van der Waals surface area contributed by atoms with Crippen LogP contribution in [0.3, 0.4) is 0 Å². The molecule has 0 bridgehead atoms. The summed E-state index contributed by atoms with van der Waals surface area (Å²) < 4.78 is 6.48. The first-order valence-corrected chi connectivity index (χ1v) is 7.40. The van der Waals surface area contributed by atoms with Gasteiger partial charge < -0.3 is 20.2 Å². The Kier molecular flexibility index (Phi) is 4.35. The predicted octanol–water partition coefficient (Wildman–Crippen LogP) is 1.95. The number of fused-ring (bicyclic) bond motifs is 1. The Labute approximate surface area is 137 Å². The van der Waals surface area contributed by atoms with E-state index in [1.165, 1.54) is 4.57 Å². The van der Waals surface area contributed by atoms with Crippen LogP contribution >= 0.6 is 0 Å². The number of carbonyl (C=O) groups excluding carboxylic acids is 1. The van der Waals surface area contributed by atoms with Gasteiger partial charge in [0.05, 0.1) is 12.1 Å². The minimum Gasteiger partial charge on any atom is -0.408 e. The molecule has 2 aromatic carbocycles. The van der Waals surface area contributed by atoms with Crippen LogP contribution in [0.5, 0.6) is 0 Å². The molecule has 0 aliphatic heterocycles. The number of aryl methyl sites for hydroxylation is 1. The molecule has 24 heavy (non-hydrogen) atoms. The second kappa shape index (κ2) is 6.59. The zero-order chi connectivity index (χ0) is 17.1. The number of anilines is 1. The third kappa shape index (κ3) is 3.16. The molecule has 0 unspecified atom stereocenters. The van der Waals surface area contributed by atoms with Crippen molar-refractivity contribution in [3.63, 3.8) is 0 Å². The molecule has 0 radical (unpaired) electrons. The molecule has 2 amide bonds. The van der Waals surface area contributed by atoms with Gasteiger partial charge in [-0.15, -0.1) is 0 Å². The minimum atomic E-state index is -0.452. The topological polar surface area (TPSA) is 96.5 Å². The molecular weight excluding hydrogens is 310 g/mol. The summed E-state index contributed by atoms with van der Waals surface area (Å²) >= 11 is 0. The monoisotopic (exact) mass is 327 g/mol. The van der Waals surface area contributed by atoms with E-state index < -0.39 is 5.76 Å². The molecule has 1 heterocycles. The number of amides is 2.